The van der Waals surface area contributed by atoms with Crippen molar-refractivity contribution in [3.8, 4) is 0 Å². The lowest BCUT2D eigenvalue weighted by atomic mass is 10.1. The van der Waals surface area contributed by atoms with Crippen molar-refractivity contribution < 1.29 is 24.0 Å². The fraction of sp³-hybridized carbons (Fsp3) is 0.300. The molecule has 0 aliphatic rings. The topological polar surface area (TPSA) is 120 Å². The fourth-order valence-corrected chi connectivity index (χ4v) is 2.60. The van der Waals surface area contributed by atoms with Crippen LogP contribution in [0, 0.1) is 10.1 Å². The van der Waals surface area contributed by atoms with E-state index in [0.29, 0.717) is 18.8 Å². The zero-order valence-corrected chi connectivity index (χ0v) is 16.3. The van der Waals surface area contributed by atoms with Crippen molar-refractivity contribution in [1.29, 1.82) is 0 Å². The van der Waals surface area contributed by atoms with Crippen LogP contribution in [0.2, 0.25) is 0 Å². The summed E-state index contributed by atoms with van der Waals surface area (Å²) in [6.07, 6.45) is 0.741. The van der Waals surface area contributed by atoms with Crippen molar-refractivity contribution in [2.75, 3.05) is 37.5 Å². The molecule has 0 heterocycles. The summed E-state index contributed by atoms with van der Waals surface area (Å²) in [5.41, 5.74) is 1.59. The molecular formula is C20H23N3O6. The van der Waals surface area contributed by atoms with Crippen molar-refractivity contribution in [2.24, 2.45) is 0 Å². The van der Waals surface area contributed by atoms with E-state index < -0.39 is 23.4 Å². The Balaban J connectivity index is 2.00. The molecule has 0 radical (unpaired) electrons. The number of ether oxygens (including phenoxy) is 2. The van der Waals surface area contributed by atoms with Crippen LogP contribution in [0.1, 0.15) is 22.8 Å². The molecular weight excluding hydrogens is 378 g/mol. The Morgan fingerprint density at radius 1 is 1.14 bits per heavy atom. The number of nitrogens with zero attached hydrogens (tertiary/aromatic N) is 1. The molecule has 1 amide bonds. The number of rotatable bonds is 10. The highest BCUT2D eigenvalue weighted by atomic mass is 16.6. The second kappa shape index (κ2) is 10.8. The molecule has 2 aromatic carbocycles. The van der Waals surface area contributed by atoms with Crippen molar-refractivity contribution >= 4 is 28.9 Å². The number of carbonyl (C=O) groups is 2. The summed E-state index contributed by atoms with van der Waals surface area (Å²) in [7, 11) is 1.52. The van der Waals surface area contributed by atoms with Gasteiger partial charge >= 0.3 is 5.97 Å². The molecule has 0 saturated carbocycles. The third kappa shape index (κ3) is 6.28. The third-order valence-electron chi connectivity index (χ3n) is 4.06. The maximum Gasteiger partial charge on any atom is 0.338 e. The number of nitro benzene ring substituents is 1. The number of anilines is 2. The first-order valence-corrected chi connectivity index (χ1v) is 9.02. The summed E-state index contributed by atoms with van der Waals surface area (Å²) in [4.78, 5) is 35.0. The largest absolute Gasteiger partial charge is 0.452 e. The first-order valence-electron chi connectivity index (χ1n) is 9.02. The van der Waals surface area contributed by atoms with Crippen molar-refractivity contribution in [1.82, 2.24) is 0 Å². The van der Waals surface area contributed by atoms with Crippen LogP contribution in [0.3, 0.4) is 0 Å². The number of para-hydroxylation sites is 1. The van der Waals surface area contributed by atoms with Crippen molar-refractivity contribution in [3.63, 3.8) is 0 Å². The van der Waals surface area contributed by atoms with E-state index in [4.69, 9.17) is 9.47 Å². The van der Waals surface area contributed by atoms with Gasteiger partial charge in [-0.05, 0) is 30.2 Å². The van der Waals surface area contributed by atoms with Crippen molar-refractivity contribution in [3.05, 3.63) is 63.7 Å². The fourth-order valence-electron chi connectivity index (χ4n) is 2.60. The number of aryl methyl sites for hydroxylation is 1. The van der Waals surface area contributed by atoms with Crippen molar-refractivity contribution in [2.45, 2.75) is 13.3 Å². The van der Waals surface area contributed by atoms with E-state index in [0.717, 1.165) is 18.1 Å². The normalized spacial score (nSPS) is 10.3. The van der Waals surface area contributed by atoms with Gasteiger partial charge in [-0.2, -0.15) is 0 Å². The van der Waals surface area contributed by atoms with E-state index in [2.05, 4.69) is 10.6 Å². The number of benzene rings is 2. The van der Waals surface area contributed by atoms with Crippen LogP contribution in [-0.2, 0) is 20.7 Å². The van der Waals surface area contributed by atoms with Gasteiger partial charge in [-0.15, -0.1) is 0 Å². The minimum atomic E-state index is -0.824. The van der Waals surface area contributed by atoms with Gasteiger partial charge in [0.1, 0.15) is 5.69 Å². The monoisotopic (exact) mass is 401 g/mol. The van der Waals surface area contributed by atoms with Gasteiger partial charge in [0.05, 0.1) is 17.1 Å². The SMILES string of the molecule is CCc1ccccc1NC(=O)COC(=O)c1ccc(NCCOC)c([N+](=O)[O-])c1. The van der Waals surface area contributed by atoms with E-state index in [1.165, 1.54) is 19.2 Å². The molecule has 0 aliphatic heterocycles. The maximum atomic E-state index is 12.2. The summed E-state index contributed by atoms with van der Waals surface area (Å²) in [5, 5.41) is 16.8. The molecule has 2 N–H and O–H groups in total. The van der Waals surface area contributed by atoms with Crippen LogP contribution < -0.4 is 10.6 Å². The predicted molar refractivity (Wildman–Crippen MR) is 108 cm³/mol. The highest BCUT2D eigenvalue weighted by Crippen LogP contribution is 2.25. The van der Waals surface area contributed by atoms with E-state index in [1.54, 1.807) is 12.1 Å². The third-order valence-corrected chi connectivity index (χ3v) is 4.06. The Bertz CT molecular complexity index is 884. The number of carbonyl (C=O) groups excluding carboxylic acids is 2. The molecule has 0 fully saturated rings. The molecule has 0 bridgehead atoms. The molecule has 0 saturated heterocycles. The number of hydrogen-bond donors (Lipinski definition) is 2. The summed E-state index contributed by atoms with van der Waals surface area (Å²) >= 11 is 0. The highest BCUT2D eigenvalue weighted by Gasteiger charge is 2.19. The van der Waals surface area contributed by atoms with E-state index in [1.807, 2.05) is 19.1 Å². The lowest BCUT2D eigenvalue weighted by Gasteiger charge is -2.10. The standard InChI is InChI=1S/C20H23N3O6/c1-3-14-6-4-5-7-16(14)22-19(24)13-29-20(25)15-8-9-17(21-10-11-28-2)18(12-15)23(26)27/h4-9,12,21H,3,10-11,13H2,1-2H3,(H,22,24). The molecule has 0 aromatic heterocycles. The summed E-state index contributed by atoms with van der Waals surface area (Å²) in [6, 6.07) is 11.2. The molecule has 2 rings (SSSR count). The summed E-state index contributed by atoms with van der Waals surface area (Å²) in [6.45, 7) is 2.21. The number of hydrogen-bond acceptors (Lipinski definition) is 7. The van der Waals surface area contributed by atoms with Gasteiger partial charge < -0.3 is 20.1 Å². The Hall–Kier alpha value is -3.46. The Labute approximate surface area is 168 Å². The van der Waals surface area contributed by atoms with E-state index in [9.17, 15) is 19.7 Å². The molecule has 9 nitrogen and oxygen atoms in total. The second-order valence-electron chi connectivity index (χ2n) is 6.04. The van der Waals surface area contributed by atoms with Gasteiger partial charge in [0.15, 0.2) is 6.61 Å². The van der Waals surface area contributed by atoms with Crippen LogP contribution in [0.15, 0.2) is 42.5 Å². The first-order chi connectivity index (χ1) is 14.0. The minimum absolute atomic E-state index is 0.0178. The van der Waals surface area contributed by atoms with Crippen LogP contribution in [-0.4, -0.2) is 43.7 Å². The van der Waals surface area contributed by atoms with Gasteiger partial charge in [-0.1, -0.05) is 25.1 Å². The molecule has 0 aliphatic carbocycles. The minimum Gasteiger partial charge on any atom is -0.452 e. The molecule has 0 spiro atoms. The zero-order chi connectivity index (χ0) is 21.2. The van der Waals surface area contributed by atoms with Gasteiger partial charge in [0.2, 0.25) is 0 Å². The lowest BCUT2D eigenvalue weighted by molar-refractivity contribution is -0.384. The molecule has 154 valence electrons. The highest BCUT2D eigenvalue weighted by molar-refractivity contribution is 5.96. The van der Waals surface area contributed by atoms with Gasteiger partial charge in [-0.25, -0.2) is 4.79 Å². The van der Waals surface area contributed by atoms with E-state index in [-0.39, 0.29) is 16.9 Å². The maximum absolute atomic E-state index is 12.2. The van der Waals surface area contributed by atoms with Gasteiger partial charge in [0.25, 0.3) is 11.6 Å². The smallest absolute Gasteiger partial charge is 0.338 e. The Morgan fingerprint density at radius 3 is 2.59 bits per heavy atom. The Morgan fingerprint density at radius 2 is 1.90 bits per heavy atom. The van der Waals surface area contributed by atoms with Gasteiger partial charge in [-0.3, -0.25) is 14.9 Å². The number of esters is 1. The molecule has 2 aromatic rings. The number of nitro groups is 1. The summed E-state index contributed by atoms with van der Waals surface area (Å²) in [5.74, 6) is -1.32. The molecule has 9 heteroatoms. The predicted octanol–water partition coefficient (Wildman–Crippen LogP) is 3.01. The second-order valence-corrected chi connectivity index (χ2v) is 6.04. The zero-order valence-electron chi connectivity index (χ0n) is 16.3. The molecule has 0 atom stereocenters. The van der Waals surface area contributed by atoms with Crippen LogP contribution in [0.5, 0.6) is 0 Å². The Kier molecular flexibility index (Phi) is 8.11. The summed E-state index contributed by atoms with van der Waals surface area (Å²) < 4.78 is 9.89. The van der Waals surface area contributed by atoms with E-state index >= 15 is 0 Å². The average molecular weight is 401 g/mol. The van der Waals surface area contributed by atoms with Crippen LogP contribution >= 0.6 is 0 Å². The number of methoxy groups -OCH3 is 1. The number of amides is 1. The van der Waals surface area contributed by atoms with Crippen LogP contribution in [0.25, 0.3) is 0 Å². The number of nitrogens with one attached hydrogen (secondary N) is 2. The average Bonchev–Trinajstić information content (AvgIpc) is 2.72. The molecule has 0 unspecified atom stereocenters. The molecule has 29 heavy (non-hydrogen) atoms. The first kappa shape index (κ1) is 21.8. The van der Waals surface area contributed by atoms with Crippen LogP contribution in [0.4, 0.5) is 17.1 Å². The van der Waals surface area contributed by atoms with Gasteiger partial charge in [0, 0.05) is 25.4 Å². The quantitative estimate of drug-likeness (QED) is 0.272. The lowest BCUT2D eigenvalue weighted by Crippen LogP contribution is -2.21.